The first-order valence-electron chi connectivity index (χ1n) is 4.38. The Morgan fingerprint density at radius 2 is 2.33 bits per heavy atom. The van der Waals surface area contributed by atoms with E-state index in [0.29, 0.717) is 6.54 Å². The number of carbonyl (C=O) groups excluding carboxylic acids is 1. The first kappa shape index (κ1) is 12.0. The van der Waals surface area contributed by atoms with Gasteiger partial charge in [0.2, 0.25) is 0 Å². The standard InChI is InChI=1S/C10H12BrNO3/c1-15-10(14)6-12-5-7-4-8(11)2-3-9(7)13/h2-4,12-13H,5-6H2,1H3. The molecule has 1 aromatic carbocycles. The second-order valence-corrected chi connectivity index (χ2v) is 3.87. The van der Waals surface area contributed by atoms with Gasteiger partial charge in [0.1, 0.15) is 5.75 Å². The molecule has 0 aromatic heterocycles. The lowest BCUT2D eigenvalue weighted by Crippen LogP contribution is -2.23. The van der Waals surface area contributed by atoms with E-state index < -0.39 is 0 Å². The molecule has 1 rings (SSSR count). The third-order valence-corrected chi connectivity index (χ3v) is 2.35. The maximum absolute atomic E-state index is 10.8. The third kappa shape index (κ3) is 3.89. The molecule has 0 aliphatic carbocycles. The fourth-order valence-corrected chi connectivity index (χ4v) is 1.48. The number of rotatable bonds is 4. The van der Waals surface area contributed by atoms with Crippen molar-refractivity contribution < 1.29 is 14.6 Å². The second kappa shape index (κ2) is 5.72. The molecule has 0 spiro atoms. The van der Waals surface area contributed by atoms with Gasteiger partial charge in [-0.25, -0.2) is 0 Å². The monoisotopic (exact) mass is 273 g/mol. The summed E-state index contributed by atoms with van der Waals surface area (Å²) in [4.78, 5) is 10.8. The van der Waals surface area contributed by atoms with Gasteiger partial charge in [-0.15, -0.1) is 0 Å². The van der Waals surface area contributed by atoms with Crippen molar-refractivity contribution in [1.82, 2.24) is 5.32 Å². The molecular weight excluding hydrogens is 262 g/mol. The van der Waals surface area contributed by atoms with Gasteiger partial charge >= 0.3 is 5.97 Å². The lowest BCUT2D eigenvalue weighted by molar-refractivity contribution is -0.139. The van der Waals surface area contributed by atoms with Crippen LogP contribution in [0, 0.1) is 0 Å². The van der Waals surface area contributed by atoms with Crippen molar-refractivity contribution in [2.45, 2.75) is 6.54 Å². The minimum Gasteiger partial charge on any atom is -0.508 e. The number of carbonyl (C=O) groups is 1. The lowest BCUT2D eigenvalue weighted by atomic mass is 10.2. The van der Waals surface area contributed by atoms with Gasteiger partial charge in [0, 0.05) is 16.6 Å². The van der Waals surface area contributed by atoms with E-state index >= 15 is 0 Å². The molecule has 0 fully saturated rings. The Morgan fingerprint density at radius 3 is 3.00 bits per heavy atom. The highest BCUT2D eigenvalue weighted by molar-refractivity contribution is 9.10. The number of methoxy groups -OCH3 is 1. The molecule has 4 nitrogen and oxygen atoms in total. The Balaban J connectivity index is 2.50. The Morgan fingerprint density at radius 1 is 1.60 bits per heavy atom. The minimum absolute atomic E-state index is 0.127. The topological polar surface area (TPSA) is 58.6 Å². The maximum Gasteiger partial charge on any atom is 0.319 e. The maximum atomic E-state index is 10.8. The fourth-order valence-electron chi connectivity index (χ4n) is 1.07. The van der Waals surface area contributed by atoms with Crippen LogP contribution in [0.3, 0.4) is 0 Å². The molecule has 1 aromatic rings. The number of ether oxygens (including phenoxy) is 1. The lowest BCUT2D eigenvalue weighted by Gasteiger charge is -2.06. The molecule has 0 bridgehead atoms. The molecule has 2 N–H and O–H groups in total. The summed E-state index contributed by atoms with van der Waals surface area (Å²) in [7, 11) is 1.33. The van der Waals surface area contributed by atoms with Gasteiger partial charge in [0.25, 0.3) is 0 Å². The van der Waals surface area contributed by atoms with Crippen LogP contribution in [0.4, 0.5) is 0 Å². The summed E-state index contributed by atoms with van der Waals surface area (Å²) in [6, 6.07) is 5.14. The van der Waals surface area contributed by atoms with Crippen molar-refractivity contribution in [2.24, 2.45) is 0 Å². The zero-order valence-electron chi connectivity index (χ0n) is 8.29. The zero-order chi connectivity index (χ0) is 11.3. The van der Waals surface area contributed by atoms with Crippen LogP contribution in [0.5, 0.6) is 5.75 Å². The predicted molar refractivity (Wildman–Crippen MR) is 59.5 cm³/mol. The second-order valence-electron chi connectivity index (χ2n) is 2.95. The summed E-state index contributed by atoms with van der Waals surface area (Å²) in [5.41, 5.74) is 0.730. The number of aromatic hydroxyl groups is 1. The summed E-state index contributed by atoms with van der Waals surface area (Å²) in [6.07, 6.45) is 0. The Bertz CT molecular complexity index is 355. The van der Waals surface area contributed by atoms with E-state index in [4.69, 9.17) is 0 Å². The Kier molecular flexibility index (Phi) is 4.58. The van der Waals surface area contributed by atoms with E-state index in [9.17, 15) is 9.90 Å². The normalized spacial score (nSPS) is 10.0. The van der Waals surface area contributed by atoms with Gasteiger partial charge in [0.15, 0.2) is 0 Å². The van der Waals surface area contributed by atoms with E-state index in [0.717, 1.165) is 10.0 Å². The first-order chi connectivity index (χ1) is 7.13. The van der Waals surface area contributed by atoms with Crippen molar-refractivity contribution in [3.8, 4) is 5.75 Å². The molecule has 5 heteroatoms. The van der Waals surface area contributed by atoms with Crippen LogP contribution in [0.15, 0.2) is 22.7 Å². The van der Waals surface area contributed by atoms with Gasteiger partial charge in [0.05, 0.1) is 13.7 Å². The van der Waals surface area contributed by atoms with Crippen LogP contribution in [-0.2, 0) is 16.1 Å². The molecule has 0 atom stereocenters. The van der Waals surface area contributed by atoms with Crippen LogP contribution in [-0.4, -0.2) is 24.7 Å². The largest absolute Gasteiger partial charge is 0.508 e. The highest BCUT2D eigenvalue weighted by Crippen LogP contribution is 2.21. The molecule has 0 saturated carbocycles. The number of halogens is 1. The number of benzene rings is 1. The molecule has 0 amide bonds. The number of hydrogen-bond donors (Lipinski definition) is 2. The van der Waals surface area contributed by atoms with Crippen molar-refractivity contribution in [1.29, 1.82) is 0 Å². The molecule has 15 heavy (non-hydrogen) atoms. The summed E-state index contributed by atoms with van der Waals surface area (Å²) in [5, 5.41) is 12.3. The highest BCUT2D eigenvalue weighted by Gasteiger charge is 2.03. The van der Waals surface area contributed by atoms with E-state index in [1.165, 1.54) is 7.11 Å². The van der Waals surface area contributed by atoms with Crippen molar-refractivity contribution in [2.75, 3.05) is 13.7 Å². The summed E-state index contributed by atoms with van der Waals surface area (Å²) in [5.74, 6) is -0.125. The van der Waals surface area contributed by atoms with Gasteiger partial charge in [-0.3, -0.25) is 4.79 Å². The van der Waals surface area contributed by atoms with Crippen LogP contribution in [0.25, 0.3) is 0 Å². The zero-order valence-corrected chi connectivity index (χ0v) is 9.87. The van der Waals surface area contributed by atoms with Gasteiger partial charge < -0.3 is 15.2 Å². The van der Waals surface area contributed by atoms with Crippen LogP contribution >= 0.6 is 15.9 Å². The predicted octanol–water partition coefficient (Wildman–Crippen LogP) is 1.42. The highest BCUT2D eigenvalue weighted by atomic mass is 79.9. The first-order valence-corrected chi connectivity index (χ1v) is 5.17. The van der Waals surface area contributed by atoms with Gasteiger partial charge in [-0.2, -0.15) is 0 Å². The molecule has 0 radical (unpaired) electrons. The van der Waals surface area contributed by atoms with Gasteiger partial charge in [-0.1, -0.05) is 15.9 Å². The van der Waals surface area contributed by atoms with Crippen LogP contribution in [0.1, 0.15) is 5.56 Å². The molecule has 0 heterocycles. The van der Waals surface area contributed by atoms with Crippen LogP contribution < -0.4 is 5.32 Å². The molecule has 0 saturated heterocycles. The molecule has 0 aliphatic heterocycles. The quantitative estimate of drug-likeness (QED) is 0.815. The average Bonchev–Trinajstić information content (AvgIpc) is 2.23. The SMILES string of the molecule is COC(=O)CNCc1cc(Br)ccc1O. The number of esters is 1. The fraction of sp³-hybridized carbons (Fsp3) is 0.300. The minimum atomic E-state index is -0.329. The van der Waals surface area contributed by atoms with E-state index in [2.05, 4.69) is 26.0 Å². The van der Waals surface area contributed by atoms with E-state index in [1.807, 2.05) is 0 Å². The Hall–Kier alpha value is -1.07. The number of nitrogens with one attached hydrogen (secondary N) is 1. The third-order valence-electron chi connectivity index (χ3n) is 1.85. The van der Waals surface area contributed by atoms with Crippen molar-refractivity contribution in [3.63, 3.8) is 0 Å². The van der Waals surface area contributed by atoms with E-state index in [-0.39, 0.29) is 18.3 Å². The summed E-state index contributed by atoms with van der Waals surface area (Å²) in [6.45, 7) is 0.544. The molecule has 0 aliphatic rings. The van der Waals surface area contributed by atoms with Crippen molar-refractivity contribution in [3.05, 3.63) is 28.2 Å². The summed E-state index contributed by atoms with van der Waals surface area (Å²) >= 11 is 3.30. The number of phenolic OH excluding ortho intramolecular Hbond substituents is 1. The number of hydrogen-bond acceptors (Lipinski definition) is 4. The smallest absolute Gasteiger partial charge is 0.319 e. The molecular formula is C10H12BrNO3. The number of phenols is 1. The van der Waals surface area contributed by atoms with Crippen LogP contribution in [0.2, 0.25) is 0 Å². The Labute approximate surface area is 96.4 Å². The molecule has 82 valence electrons. The van der Waals surface area contributed by atoms with E-state index in [1.54, 1.807) is 18.2 Å². The van der Waals surface area contributed by atoms with Crippen molar-refractivity contribution >= 4 is 21.9 Å². The summed E-state index contributed by atoms with van der Waals surface area (Å²) < 4.78 is 5.35. The average molecular weight is 274 g/mol. The molecule has 0 unspecified atom stereocenters. The van der Waals surface area contributed by atoms with Gasteiger partial charge in [-0.05, 0) is 18.2 Å².